The second-order valence-electron chi connectivity index (χ2n) is 5.96. The summed E-state index contributed by atoms with van der Waals surface area (Å²) in [5.74, 6) is 0.423. The second-order valence-corrected chi connectivity index (χ2v) is 5.96. The fourth-order valence-electron chi connectivity index (χ4n) is 3.17. The first kappa shape index (κ1) is 13.4. The highest BCUT2D eigenvalue weighted by Crippen LogP contribution is 2.36. The smallest absolute Gasteiger partial charge is 0.318 e. The summed E-state index contributed by atoms with van der Waals surface area (Å²) in [5, 5.41) is 12.3. The molecule has 0 saturated heterocycles. The number of benzene rings is 1. The van der Waals surface area contributed by atoms with Gasteiger partial charge >= 0.3 is 6.03 Å². The van der Waals surface area contributed by atoms with Crippen molar-refractivity contribution in [1.29, 1.82) is 0 Å². The lowest BCUT2D eigenvalue weighted by molar-refractivity contribution is 0.168. The average Bonchev–Trinajstić information content (AvgIpc) is 3.22. The fraction of sp³-hybridized carbons (Fsp3) is 0.562. The zero-order chi connectivity index (χ0) is 14.1. The molecule has 0 radical (unpaired) electrons. The molecular formula is C16H22N2O2. The van der Waals surface area contributed by atoms with E-state index in [9.17, 15) is 4.79 Å². The van der Waals surface area contributed by atoms with Crippen LogP contribution in [-0.2, 0) is 6.42 Å². The predicted octanol–water partition coefficient (Wildman–Crippen LogP) is 2.09. The Balaban J connectivity index is 1.72. The minimum absolute atomic E-state index is 0.0285. The lowest BCUT2D eigenvalue weighted by Gasteiger charge is -2.26. The van der Waals surface area contributed by atoms with Crippen LogP contribution in [0.5, 0.6) is 0 Å². The van der Waals surface area contributed by atoms with E-state index in [-0.39, 0.29) is 18.7 Å². The molecule has 0 spiro atoms. The van der Waals surface area contributed by atoms with Crippen LogP contribution in [0.4, 0.5) is 4.79 Å². The van der Waals surface area contributed by atoms with Crippen molar-refractivity contribution in [2.24, 2.45) is 5.92 Å². The Morgan fingerprint density at radius 1 is 1.40 bits per heavy atom. The van der Waals surface area contributed by atoms with Crippen molar-refractivity contribution in [3.63, 3.8) is 0 Å². The van der Waals surface area contributed by atoms with Gasteiger partial charge in [-0.25, -0.2) is 4.79 Å². The van der Waals surface area contributed by atoms with E-state index in [0.29, 0.717) is 18.5 Å². The van der Waals surface area contributed by atoms with Gasteiger partial charge < -0.3 is 15.3 Å². The zero-order valence-electron chi connectivity index (χ0n) is 11.9. The van der Waals surface area contributed by atoms with E-state index in [2.05, 4.69) is 30.4 Å². The summed E-state index contributed by atoms with van der Waals surface area (Å²) >= 11 is 0. The number of urea groups is 1. The summed E-state index contributed by atoms with van der Waals surface area (Å²) in [6.07, 6.45) is 3.14. The molecule has 2 aliphatic rings. The molecule has 0 aliphatic heterocycles. The molecule has 3 rings (SSSR count). The van der Waals surface area contributed by atoms with Crippen molar-refractivity contribution < 1.29 is 9.90 Å². The van der Waals surface area contributed by atoms with Gasteiger partial charge in [-0.15, -0.1) is 0 Å². The van der Waals surface area contributed by atoms with Gasteiger partial charge in [0.1, 0.15) is 0 Å². The molecule has 4 heteroatoms. The highest BCUT2D eigenvalue weighted by molar-refractivity contribution is 5.75. The number of carbonyl (C=O) groups excluding carboxylic acids is 1. The molecule has 0 heterocycles. The highest BCUT2D eigenvalue weighted by Gasteiger charge is 2.35. The Labute approximate surface area is 119 Å². The fourth-order valence-corrected chi connectivity index (χ4v) is 3.17. The van der Waals surface area contributed by atoms with Crippen LogP contribution in [0.2, 0.25) is 0 Å². The number of nitrogens with one attached hydrogen (secondary N) is 1. The van der Waals surface area contributed by atoms with Crippen LogP contribution >= 0.6 is 0 Å². The molecule has 1 fully saturated rings. The third kappa shape index (κ3) is 2.52. The normalized spacial score (nSPS) is 24.3. The lowest BCUT2D eigenvalue weighted by Crippen LogP contribution is -2.44. The number of aliphatic hydroxyl groups excluding tert-OH is 1. The molecule has 108 valence electrons. The molecule has 1 aromatic carbocycles. The van der Waals surface area contributed by atoms with Crippen molar-refractivity contribution >= 4 is 6.03 Å². The van der Waals surface area contributed by atoms with Gasteiger partial charge in [-0.3, -0.25) is 0 Å². The van der Waals surface area contributed by atoms with Gasteiger partial charge in [0.15, 0.2) is 0 Å². The van der Waals surface area contributed by atoms with Crippen LogP contribution in [0, 0.1) is 5.92 Å². The summed E-state index contributed by atoms with van der Waals surface area (Å²) in [7, 11) is 0. The zero-order valence-corrected chi connectivity index (χ0v) is 11.9. The molecule has 2 unspecified atom stereocenters. The number of carbonyl (C=O) groups is 1. The Morgan fingerprint density at radius 2 is 2.15 bits per heavy atom. The van der Waals surface area contributed by atoms with Crippen LogP contribution in [0.1, 0.15) is 36.9 Å². The van der Waals surface area contributed by atoms with Crippen LogP contribution in [0.25, 0.3) is 0 Å². The Kier molecular flexibility index (Phi) is 3.66. The van der Waals surface area contributed by atoms with Crippen molar-refractivity contribution in [2.75, 3.05) is 13.2 Å². The van der Waals surface area contributed by atoms with E-state index in [1.54, 1.807) is 4.90 Å². The number of aliphatic hydroxyl groups is 1. The largest absolute Gasteiger partial charge is 0.395 e. The molecular weight excluding hydrogens is 252 g/mol. The third-order valence-corrected chi connectivity index (χ3v) is 4.37. The van der Waals surface area contributed by atoms with E-state index in [4.69, 9.17) is 5.11 Å². The molecule has 0 aromatic heterocycles. The summed E-state index contributed by atoms with van der Waals surface area (Å²) in [4.78, 5) is 14.2. The summed E-state index contributed by atoms with van der Waals surface area (Å²) in [6.45, 7) is 2.64. The monoisotopic (exact) mass is 274 g/mol. The van der Waals surface area contributed by atoms with E-state index in [1.807, 2.05) is 6.07 Å². The van der Waals surface area contributed by atoms with Crippen LogP contribution in [0.15, 0.2) is 24.3 Å². The molecule has 1 saturated carbocycles. The summed E-state index contributed by atoms with van der Waals surface area (Å²) < 4.78 is 0. The minimum atomic E-state index is -0.0323. The summed E-state index contributed by atoms with van der Waals surface area (Å²) in [6, 6.07) is 8.73. The molecule has 1 aromatic rings. The van der Waals surface area contributed by atoms with Gasteiger partial charge in [0.05, 0.1) is 12.6 Å². The van der Waals surface area contributed by atoms with E-state index < -0.39 is 0 Å². The topological polar surface area (TPSA) is 52.6 Å². The van der Waals surface area contributed by atoms with Gasteiger partial charge in [0, 0.05) is 12.6 Å². The maximum absolute atomic E-state index is 12.4. The molecule has 0 bridgehead atoms. The van der Waals surface area contributed by atoms with Gasteiger partial charge in [-0.1, -0.05) is 31.2 Å². The van der Waals surface area contributed by atoms with Crippen LogP contribution in [-0.4, -0.2) is 35.2 Å². The second kappa shape index (κ2) is 5.44. The Morgan fingerprint density at radius 3 is 2.85 bits per heavy atom. The van der Waals surface area contributed by atoms with E-state index in [1.165, 1.54) is 11.1 Å². The third-order valence-electron chi connectivity index (χ3n) is 4.37. The number of hydrogen-bond donors (Lipinski definition) is 2. The average molecular weight is 274 g/mol. The van der Waals surface area contributed by atoms with Gasteiger partial charge in [-0.05, 0) is 36.3 Å². The molecule has 2 N–H and O–H groups in total. The molecule has 20 heavy (non-hydrogen) atoms. The van der Waals surface area contributed by atoms with Crippen LogP contribution < -0.4 is 5.32 Å². The van der Waals surface area contributed by atoms with Crippen molar-refractivity contribution in [2.45, 2.75) is 38.3 Å². The van der Waals surface area contributed by atoms with Crippen molar-refractivity contribution in [3.05, 3.63) is 35.4 Å². The standard InChI is InChI=1S/C16H22N2O2/c1-11-10-12-4-2-3-5-14(12)15(11)17-16(20)18(8-9-19)13-6-7-13/h2-5,11,13,15,19H,6-10H2,1H3,(H,17,20). The first-order chi connectivity index (χ1) is 9.70. The summed E-state index contributed by atoms with van der Waals surface area (Å²) in [5.41, 5.74) is 2.58. The molecule has 4 nitrogen and oxygen atoms in total. The van der Waals surface area contributed by atoms with Gasteiger partial charge in [-0.2, -0.15) is 0 Å². The van der Waals surface area contributed by atoms with Gasteiger partial charge in [0.25, 0.3) is 0 Å². The highest BCUT2D eigenvalue weighted by atomic mass is 16.3. The lowest BCUT2D eigenvalue weighted by atomic mass is 10.0. The quantitative estimate of drug-likeness (QED) is 0.883. The minimum Gasteiger partial charge on any atom is -0.395 e. The first-order valence-electron chi connectivity index (χ1n) is 7.46. The van der Waals surface area contributed by atoms with Gasteiger partial charge in [0.2, 0.25) is 0 Å². The van der Waals surface area contributed by atoms with Crippen molar-refractivity contribution in [1.82, 2.24) is 10.2 Å². The van der Waals surface area contributed by atoms with Crippen molar-refractivity contribution in [3.8, 4) is 0 Å². The maximum Gasteiger partial charge on any atom is 0.318 e. The van der Waals surface area contributed by atoms with E-state index in [0.717, 1.165) is 19.3 Å². The Bertz CT molecular complexity index is 499. The predicted molar refractivity (Wildman–Crippen MR) is 77.4 cm³/mol. The number of rotatable bonds is 4. The Hall–Kier alpha value is -1.55. The SMILES string of the molecule is CC1Cc2ccccc2C1NC(=O)N(CCO)C1CC1. The molecule has 2 aliphatic carbocycles. The van der Waals surface area contributed by atoms with Crippen LogP contribution in [0.3, 0.4) is 0 Å². The maximum atomic E-state index is 12.4. The number of amides is 2. The molecule has 2 amide bonds. The van der Waals surface area contributed by atoms with E-state index >= 15 is 0 Å². The number of hydrogen-bond acceptors (Lipinski definition) is 2. The number of nitrogens with zero attached hydrogens (tertiary/aromatic N) is 1. The molecule has 2 atom stereocenters. The number of fused-ring (bicyclic) bond motifs is 1. The first-order valence-corrected chi connectivity index (χ1v) is 7.46.